The fraction of sp³-hybridized carbons (Fsp3) is 0.333. The number of aryl methyl sites for hydroxylation is 1. The third-order valence-corrected chi connectivity index (χ3v) is 3.40. The molecule has 0 aliphatic heterocycles. The van der Waals surface area contributed by atoms with E-state index in [0.717, 1.165) is 17.7 Å². The van der Waals surface area contributed by atoms with Crippen molar-refractivity contribution in [3.8, 4) is 17.2 Å². The molecule has 0 atom stereocenters. The van der Waals surface area contributed by atoms with Crippen molar-refractivity contribution in [3.63, 3.8) is 0 Å². The van der Waals surface area contributed by atoms with E-state index in [9.17, 15) is 0 Å². The summed E-state index contributed by atoms with van der Waals surface area (Å²) in [4.78, 5) is 0. The van der Waals surface area contributed by atoms with Crippen LogP contribution in [0.5, 0.6) is 17.2 Å². The molecule has 2 aromatic carbocycles. The van der Waals surface area contributed by atoms with Crippen LogP contribution in [0.3, 0.4) is 0 Å². The van der Waals surface area contributed by atoms with E-state index in [1.807, 2.05) is 30.3 Å². The molecule has 22 heavy (non-hydrogen) atoms. The lowest BCUT2D eigenvalue weighted by molar-refractivity contribution is 0.211. The van der Waals surface area contributed by atoms with Crippen LogP contribution >= 0.6 is 0 Å². The topological polar surface area (TPSA) is 53.7 Å². The Balaban J connectivity index is 1.85. The third-order valence-electron chi connectivity index (χ3n) is 3.40. The van der Waals surface area contributed by atoms with Crippen LogP contribution in [0.1, 0.15) is 18.1 Å². The van der Waals surface area contributed by atoms with Crippen LogP contribution in [-0.4, -0.2) is 20.3 Å². The lowest BCUT2D eigenvalue weighted by Crippen LogP contribution is -2.10. The highest BCUT2D eigenvalue weighted by molar-refractivity contribution is 5.42. The van der Waals surface area contributed by atoms with Gasteiger partial charge in [-0.3, -0.25) is 0 Å². The Morgan fingerprint density at radius 3 is 2.18 bits per heavy atom. The van der Waals surface area contributed by atoms with Crippen molar-refractivity contribution < 1.29 is 14.2 Å². The molecular weight excluding hydrogens is 278 g/mol. The molecule has 2 aromatic rings. The van der Waals surface area contributed by atoms with Gasteiger partial charge in [-0.15, -0.1) is 0 Å². The van der Waals surface area contributed by atoms with E-state index in [4.69, 9.17) is 19.9 Å². The molecule has 0 bridgehead atoms. The van der Waals surface area contributed by atoms with E-state index in [1.54, 1.807) is 7.11 Å². The van der Waals surface area contributed by atoms with Crippen molar-refractivity contribution in [2.75, 3.05) is 20.3 Å². The summed E-state index contributed by atoms with van der Waals surface area (Å²) >= 11 is 0. The first-order chi connectivity index (χ1) is 10.8. The zero-order chi connectivity index (χ0) is 15.8. The Labute approximate surface area is 131 Å². The molecule has 0 aromatic heterocycles. The molecular formula is C18H23NO3. The second-order valence-electron chi connectivity index (χ2n) is 4.88. The summed E-state index contributed by atoms with van der Waals surface area (Å²) in [5, 5.41) is 0. The van der Waals surface area contributed by atoms with Crippen LogP contribution in [0.4, 0.5) is 0 Å². The Bertz CT molecular complexity index is 581. The quantitative estimate of drug-likeness (QED) is 0.761. The molecule has 2 rings (SSSR count). The smallest absolute Gasteiger partial charge is 0.161 e. The molecule has 0 saturated carbocycles. The summed E-state index contributed by atoms with van der Waals surface area (Å²) in [6.45, 7) is 3.52. The average molecular weight is 301 g/mol. The van der Waals surface area contributed by atoms with Crippen molar-refractivity contribution in [2.24, 2.45) is 5.73 Å². The van der Waals surface area contributed by atoms with E-state index in [2.05, 4.69) is 19.1 Å². The highest BCUT2D eigenvalue weighted by Gasteiger charge is 2.05. The zero-order valence-corrected chi connectivity index (χ0v) is 13.2. The number of nitrogens with two attached hydrogens (primary N) is 1. The van der Waals surface area contributed by atoms with Gasteiger partial charge in [0.1, 0.15) is 19.0 Å². The molecule has 0 heterocycles. The number of hydrogen-bond donors (Lipinski definition) is 1. The van der Waals surface area contributed by atoms with Gasteiger partial charge in [0.15, 0.2) is 11.5 Å². The lowest BCUT2D eigenvalue weighted by atomic mass is 10.2. The number of methoxy groups -OCH3 is 1. The summed E-state index contributed by atoms with van der Waals surface area (Å²) in [6.07, 6.45) is 1.03. The number of hydrogen-bond acceptors (Lipinski definition) is 4. The van der Waals surface area contributed by atoms with Crippen LogP contribution in [0.15, 0.2) is 42.5 Å². The highest BCUT2D eigenvalue weighted by Crippen LogP contribution is 2.27. The summed E-state index contributed by atoms with van der Waals surface area (Å²) in [5.41, 5.74) is 7.95. The van der Waals surface area contributed by atoms with E-state index in [-0.39, 0.29) is 0 Å². The third kappa shape index (κ3) is 4.40. The molecule has 0 amide bonds. The largest absolute Gasteiger partial charge is 0.493 e. The van der Waals surface area contributed by atoms with Gasteiger partial charge >= 0.3 is 0 Å². The minimum absolute atomic E-state index is 0.444. The fourth-order valence-corrected chi connectivity index (χ4v) is 2.09. The molecule has 2 N–H and O–H groups in total. The fourth-order valence-electron chi connectivity index (χ4n) is 2.09. The molecule has 0 aliphatic carbocycles. The highest BCUT2D eigenvalue weighted by atomic mass is 16.5. The molecule has 118 valence electrons. The van der Waals surface area contributed by atoms with Crippen LogP contribution < -0.4 is 19.9 Å². The van der Waals surface area contributed by atoms with Gasteiger partial charge in [-0.05, 0) is 41.8 Å². The Hall–Kier alpha value is -2.20. The summed E-state index contributed by atoms with van der Waals surface area (Å²) < 4.78 is 16.7. The maximum atomic E-state index is 5.73. The molecule has 0 fully saturated rings. The van der Waals surface area contributed by atoms with Gasteiger partial charge in [0.2, 0.25) is 0 Å². The Morgan fingerprint density at radius 1 is 0.864 bits per heavy atom. The van der Waals surface area contributed by atoms with Crippen molar-refractivity contribution in [3.05, 3.63) is 53.6 Å². The average Bonchev–Trinajstić information content (AvgIpc) is 2.59. The number of benzene rings is 2. The second-order valence-corrected chi connectivity index (χ2v) is 4.88. The van der Waals surface area contributed by atoms with Gasteiger partial charge in [0, 0.05) is 6.54 Å². The number of rotatable bonds is 8. The first-order valence-corrected chi connectivity index (χ1v) is 7.48. The number of ether oxygens (including phenoxy) is 3. The van der Waals surface area contributed by atoms with Crippen molar-refractivity contribution >= 4 is 0 Å². The van der Waals surface area contributed by atoms with Gasteiger partial charge in [-0.2, -0.15) is 0 Å². The van der Waals surface area contributed by atoms with E-state index >= 15 is 0 Å². The minimum atomic E-state index is 0.444. The predicted octanol–water partition coefficient (Wildman–Crippen LogP) is 3.17. The van der Waals surface area contributed by atoms with Crippen molar-refractivity contribution in [2.45, 2.75) is 19.9 Å². The van der Waals surface area contributed by atoms with Crippen molar-refractivity contribution in [1.29, 1.82) is 0 Å². The molecule has 0 unspecified atom stereocenters. The molecule has 0 aliphatic rings. The maximum absolute atomic E-state index is 5.73. The zero-order valence-electron chi connectivity index (χ0n) is 13.2. The van der Waals surface area contributed by atoms with Crippen LogP contribution in [0.2, 0.25) is 0 Å². The summed E-state index contributed by atoms with van der Waals surface area (Å²) in [5.74, 6) is 2.24. The van der Waals surface area contributed by atoms with Gasteiger partial charge < -0.3 is 19.9 Å². The van der Waals surface area contributed by atoms with Gasteiger partial charge in [-0.1, -0.05) is 25.1 Å². The standard InChI is InChI=1S/C18H23NO3/c1-3-14-4-7-16(8-5-14)21-10-11-22-18-12-15(13-19)6-9-17(18)20-2/h4-9,12H,3,10-11,13,19H2,1-2H3. The molecule has 0 radical (unpaired) electrons. The van der Waals surface area contributed by atoms with E-state index in [1.165, 1.54) is 5.56 Å². The first-order valence-electron chi connectivity index (χ1n) is 7.48. The molecule has 0 spiro atoms. The summed E-state index contributed by atoms with van der Waals surface area (Å²) in [6, 6.07) is 13.8. The Kier molecular flexibility index (Phi) is 6.10. The molecule has 4 nitrogen and oxygen atoms in total. The molecule has 0 saturated heterocycles. The monoisotopic (exact) mass is 301 g/mol. The van der Waals surface area contributed by atoms with Crippen LogP contribution in [0.25, 0.3) is 0 Å². The van der Waals surface area contributed by atoms with Gasteiger partial charge in [-0.25, -0.2) is 0 Å². The Morgan fingerprint density at radius 2 is 1.55 bits per heavy atom. The predicted molar refractivity (Wildman–Crippen MR) is 87.7 cm³/mol. The summed E-state index contributed by atoms with van der Waals surface area (Å²) in [7, 11) is 1.62. The normalized spacial score (nSPS) is 10.3. The SMILES string of the molecule is CCc1ccc(OCCOc2cc(CN)ccc2OC)cc1. The minimum Gasteiger partial charge on any atom is -0.493 e. The van der Waals surface area contributed by atoms with Crippen LogP contribution in [-0.2, 0) is 13.0 Å². The first kappa shape index (κ1) is 16.2. The lowest BCUT2D eigenvalue weighted by Gasteiger charge is -2.12. The van der Waals surface area contributed by atoms with Crippen LogP contribution in [0, 0.1) is 0 Å². The van der Waals surface area contributed by atoms with Crippen molar-refractivity contribution in [1.82, 2.24) is 0 Å². The van der Waals surface area contributed by atoms with E-state index < -0.39 is 0 Å². The van der Waals surface area contributed by atoms with Gasteiger partial charge in [0.25, 0.3) is 0 Å². The molecule has 4 heteroatoms. The maximum Gasteiger partial charge on any atom is 0.161 e. The van der Waals surface area contributed by atoms with Gasteiger partial charge in [0.05, 0.1) is 7.11 Å². The van der Waals surface area contributed by atoms with E-state index in [0.29, 0.717) is 31.3 Å². The second kappa shape index (κ2) is 8.29.